The third kappa shape index (κ3) is 2.83. The molecule has 0 radical (unpaired) electrons. The largest absolute Gasteiger partial charge is 0.394 e. The van der Waals surface area contributed by atoms with Crippen molar-refractivity contribution in [1.29, 1.82) is 0 Å². The monoisotopic (exact) mass is 285 g/mol. The number of amides is 1. The van der Waals surface area contributed by atoms with Crippen molar-refractivity contribution in [2.24, 2.45) is 5.92 Å². The maximum atomic E-state index is 12.3. The Morgan fingerprint density at radius 3 is 2.76 bits per heavy atom. The number of nitrogens with one attached hydrogen (secondary N) is 1. The molecular weight excluding hydrogens is 266 g/mol. The zero-order valence-electron chi connectivity index (χ0n) is 12.0. The van der Waals surface area contributed by atoms with Crippen LogP contribution >= 0.6 is 0 Å². The van der Waals surface area contributed by atoms with Gasteiger partial charge >= 0.3 is 0 Å². The Balaban J connectivity index is 1.75. The smallest absolute Gasteiger partial charge is 0.254 e. The highest BCUT2D eigenvalue weighted by Gasteiger charge is 2.42. The molecule has 1 amide bonds. The van der Waals surface area contributed by atoms with Crippen molar-refractivity contribution in [3.63, 3.8) is 0 Å². The molecule has 1 unspecified atom stereocenters. The first-order valence-electron chi connectivity index (χ1n) is 7.16. The van der Waals surface area contributed by atoms with Gasteiger partial charge in [-0.3, -0.25) is 4.79 Å². The van der Waals surface area contributed by atoms with E-state index in [0.29, 0.717) is 11.5 Å². The van der Waals surface area contributed by atoms with Crippen LogP contribution in [0.2, 0.25) is 0 Å². The number of hydrogen-bond donors (Lipinski definition) is 2. The average molecular weight is 285 g/mol. The maximum Gasteiger partial charge on any atom is 0.254 e. The van der Waals surface area contributed by atoms with E-state index < -0.39 is 5.54 Å². The first-order valence-corrected chi connectivity index (χ1v) is 7.16. The molecule has 3 rings (SSSR count). The number of hydrogen-bond acceptors (Lipinski definition) is 3. The Labute approximate surface area is 123 Å². The fraction of sp³-hybridized carbons (Fsp3) is 0.375. The van der Waals surface area contributed by atoms with Gasteiger partial charge in [0.05, 0.1) is 29.6 Å². The third-order valence-electron chi connectivity index (χ3n) is 4.07. The van der Waals surface area contributed by atoms with Gasteiger partial charge in [-0.15, -0.1) is 0 Å². The van der Waals surface area contributed by atoms with Crippen molar-refractivity contribution in [3.8, 4) is 5.69 Å². The Hall–Kier alpha value is -2.14. The predicted molar refractivity (Wildman–Crippen MR) is 79.2 cm³/mol. The van der Waals surface area contributed by atoms with E-state index >= 15 is 0 Å². The molecule has 1 aliphatic rings. The molecule has 0 bridgehead atoms. The lowest BCUT2D eigenvalue weighted by atomic mass is 9.96. The summed E-state index contributed by atoms with van der Waals surface area (Å²) in [7, 11) is 0. The van der Waals surface area contributed by atoms with Crippen LogP contribution < -0.4 is 5.32 Å². The van der Waals surface area contributed by atoms with E-state index in [1.165, 1.54) is 0 Å². The molecule has 21 heavy (non-hydrogen) atoms. The van der Waals surface area contributed by atoms with Gasteiger partial charge in [-0.1, -0.05) is 18.2 Å². The Morgan fingerprint density at radius 2 is 2.14 bits per heavy atom. The van der Waals surface area contributed by atoms with Gasteiger partial charge in [0.2, 0.25) is 0 Å². The number of carbonyl (C=O) groups is 1. The lowest BCUT2D eigenvalue weighted by Crippen LogP contribution is -2.50. The van der Waals surface area contributed by atoms with Crippen molar-refractivity contribution >= 4 is 5.91 Å². The van der Waals surface area contributed by atoms with E-state index in [-0.39, 0.29) is 12.5 Å². The summed E-state index contributed by atoms with van der Waals surface area (Å²) in [5.74, 6) is 0.177. The highest BCUT2D eigenvalue weighted by molar-refractivity contribution is 5.94. The minimum Gasteiger partial charge on any atom is -0.394 e. The van der Waals surface area contributed by atoms with Crippen LogP contribution in [-0.2, 0) is 0 Å². The summed E-state index contributed by atoms with van der Waals surface area (Å²) in [5.41, 5.74) is 0.870. The molecule has 0 aliphatic heterocycles. The Kier molecular flexibility index (Phi) is 3.51. The van der Waals surface area contributed by atoms with Crippen molar-refractivity contribution in [2.45, 2.75) is 25.3 Å². The van der Waals surface area contributed by atoms with Crippen LogP contribution in [0.1, 0.15) is 30.1 Å². The quantitative estimate of drug-likeness (QED) is 0.879. The summed E-state index contributed by atoms with van der Waals surface area (Å²) < 4.78 is 1.67. The first kappa shape index (κ1) is 13.8. The van der Waals surface area contributed by atoms with Gasteiger partial charge in [0.25, 0.3) is 5.91 Å². The summed E-state index contributed by atoms with van der Waals surface area (Å²) in [4.78, 5) is 12.3. The van der Waals surface area contributed by atoms with Crippen molar-refractivity contribution in [2.75, 3.05) is 6.61 Å². The van der Waals surface area contributed by atoms with E-state index in [1.54, 1.807) is 17.1 Å². The molecule has 1 aromatic carbocycles. The van der Waals surface area contributed by atoms with Crippen LogP contribution in [0.15, 0.2) is 42.7 Å². The number of nitrogens with zero attached hydrogens (tertiary/aromatic N) is 2. The molecule has 2 N–H and O–H groups in total. The fourth-order valence-electron chi connectivity index (χ4n) is 2.48. The van der Waals surface area contributed by atoms with E-state index in [9.17, 15) is 9.90 Å². The topological polar surface area (TPSA) is 67.2 Å². The summed E-state index contributed by atoms with van der Waals surface area (Å²) in [6, 6.07) is 9.63. The second-order valence-electron chi connectivity index (χ2n) is 5.81. The zero-order valence-corrected chi connectivity index (χ0v) is 12.0. The molecule has 1 fully saturated rings. The predicted octanol–water partition coefficient (Wildman–Crippen LogP) is 1.76. The molecule has 1 atom stereocenters. The zero-order chi connectivity index (χ0) is 14.9. The number of aliphatic hydroxyl groups excluding tert-OH is 1. The summed E-state index contributed by atoms with van der Waals surface area (Å²) in [5, 5.41) is 16.7. The molecule has 1 aromatic heterocycles. The van der Waals surface area contributed by atoms with Crippen molar-refractivity contribution in [3.05, 3.63) is 48.3 Å². The van der Waals surface area contributed by atoms with Gasteiger partial charge in [0, 0.05) is 6.20 Å². The van der Waals surface area contributed by atoms with Gasteiger partial charge in [0.1, 0.15) is 0 Å². The van der Waals surface area contributed by atoms with Crippen molar-refractivity contribution < 1.29 is 9.90 Å². The third-order valence-corrected chi connectivity index (χ3v) is 4.07. The molecule has 1 aliphatic carbocycles. The second kappa shape index (κ2) is 5.33. The molecule has 110 valence electrons. The standard InChI is InChI=1S/C16H19N3O2/c1-16(11-20,13-7-8-13)18-15(21)12-9-17-19(10-12)14-5-3-2-4-6-14/h2-6,9-10,13,20H,7-8,11H2,1H3,(H,18,21). The van der Waals surface area contributed by atoms with Gasteiger partial charge < -0.3 is 10.4 Å². The molecule has 5 nitrogen and oxygen atoms in total. The van der Waals surface area contributed by atoms with Gasteiger partial charge in [-0.2, -0.15) is 5.10 Å². The van der Waals surface area contributed by atoms with Gasteiger partial charge in [-0.05, 0) is 37.8 Å². The maximum absolute atomic E-state index is 12.3. The average Bonchev–Trinajstić information content (AvgIpc) is 3.26. The van der Waals surface area contributed by atoms with Crippen LogP contribution in [0.25, 0.3) is 5.69 Å². The fourth-order valence-corrected chi connectivity index (χ4v) is 2.48. The van der Waals surface area contributed by atoms with E-state index in [1.807, 2.05) is 37.3 Å². The number of aromatic nitrogens is 2. The lowest BCUT2D eigenvalue weighted by Gasteiger charge is -2.28. The van der Waals surface area contributed by atoms with Gasteiger partial charge in [-0.25, -0.2) is 4.68 Å². The van der Waals surface area contributed by atoms with Crippen LogP contribution in [0.4, 0.5) is 0 Å². The molecular formula is C16H19N3O2. The van der Waals surface area contributed by atoms with Crippen LogP contribution in [0.5, 0.6) is 0 Å². The summed E-state index contributed by atoms with van der Waals surface area (Å²) in [6.07, 6.45) is 5.36. The minimum atomic E-state index is -0.536. The van der Waals surface area contributed by atoms with E-state index in [2.05, 4.69) is 10.4 Å². The SMILES string of the molecule is CC(CO)(NC(=O)c1cnn(-c2ccccc2)c1)C1CC1. The van der Waals surface area contributed by atoms with E-state index in [0.717, 1.165) is 18.5 Å². The lowest BCUT2D eigenvalue weighted by molar-refractivity contribution is 0.0824. The highest BCUT2D eigenvalue weighted by Crippen LogP contribution is 2.39. The minimum absolute atomic E-state index is 0.0454. The Bertz CT molecular complexity index is 634. The Morgan fingerprint density at radius 1 is 1.43 bits per heavy atom. The molecule has 5 heteroatoms. The normalized spacial score (nSPS) is 17.2. The highest BCUT2D eigenvalue weighted by atomic mass is 16.3. The molecule has 0 spiro atoms. The van der Waals surface area contributed by atoms with Crippen molar-refractivity contribution in [1.82, 2.24) is 15.1 Å². The van der Waals surface area contributed by atoms with Crippen LogP contribution in [0.3, 0.4) is 0 Å². The summed E-state index contributed by atoms with van der Waals surface area (Å²) in [6.45, 7) is 1.85. The number of para-hydroxylation sites is 1. The van der Waals surface area contributed by atoms with E-state index in [4.69, 9.17) is 0 Å². The molecule has 1 saturated carbocycles. The van der Waals surface area contributed by atoms with Crippen LogP contribution in [0, 0.1) is 5.92 Å². The number of benzene rings is 1. The second-order valence-corrected chi connectivity index (χ2v) is 5.81. The number of carbonyl (C=O) groups excluding carboxylic acids is 1. The summed E-state index contributed by atoms with van der Waals surface area (Å²) >= 11 is 0. The van der Waals surface area contributed by atoms with Crippen LogP contribution in [-0.4, -0.2) is 32.9 Å². The number of aliphatic hydroxyl groups is 1. The first-order chi connectivity index (χ1) is 10.1. The molecule has 0 saturated heterocycles. The number of rotatable bonds is 5. The molecule has 2 aromatic rings. The van der Waals surface area contributed by atoms with Gasteiger partial charge in [0.15, 0.2) is 0 Å². The molecule has 1 heterocycles.